The SMILES string of the molecule is COc1cc2ncc(-c3cccc(NC4CNCC4(F)F)n3)n2cc1-c1cnn2ccccc12. The van der Waals surface area contributed by atoms with Crippen LogP contribution >= 0.6 is 0 Å². The van der Waals surface area contributed by atoms with Crippen molar-refractivity contribution in [3.63, 3.8) is 0 Å². The number of halogens is 2. The molecule has 1 atom stereocenters. The molecule has 5 aromatic heterocycles. The van der Waals surface area contributed by atoms with Crippen molar-refractivity contribution < 1.29 is 13.5 Å². The summed E-state index contributed by atoms with van der Waals surface area (Å²) >= 11 is 0. The molecule has 5 aromatic rings. The van der Waals surface area contributed by atoms with Gasteiger partial charge < -0.3 is 15.4 Å². The lowest BCUT2D eigenvalue weighted by molar-refractivity contribution is 0.0138. The fourth-order valence-electron chi connectivity index (χ4n) is 4.36. The molecular formula is C24H21F2N7O. The van der Waals surface area contributed by atoms with Crippen LogP contribution in [0.25, 0.3) is 33.7 Å². The van der Waals surface area contributed by atoms with Gasteiger partial charge in [0.05, 0.1) is 43.0 Å². The van der Waals surface area contributed by atoms with Crippen molar-refractivity contribution >= 4 is 17.0 Å². The van der Waals surface area contributed by atoms with E-state index in [4.69, 9.17) is 4.74 Å². The molecule has 0 radical (unpaired) electrons. The zero-order valence-electron chi connectivity index (χ0n) is 18.2. The van der Waals surface area contributed by atoms with Crippen molar-refractivity contribution in [3.8, 4) is 28.3 Å². The molecule has 172 valence electrons. The molecular weight excluding hydrogens is 440 g/mol. The lowest BCUT2D eigenvalue weighted by Gasteiger charge is -2.20. The highest BCUT2D eigenvalue weighted by Crippen LogP contribution is 2.35. The number of hydrogen-bond donors (Lipinski definition) is 2. The van der Waals surface area contributed by atoms with Gasteiger partial charge in [0.15, 0.2) is 0 Å². The summed E-state index contributed by atoms with van der Waals surface area (Å²) in [6.07, 6.45) is 7.34. The third-order valence-corrected chi connectivity index (χ3v) is 6.10. The number of imidazole rings is 1. The van der Waals surface area contributed by atoms with Crippen LogP contribution in [0.1, 0.15) is 0 Å². The van der Waals surface area contributed by atoms with E-state index >= 15 is 0 Å². The normalized spacial score (nSPS) is 17.4. The van der Waals surface area contributed by atoms with Crippen molar-refractivity contribution in [3.05, 3.63) is 67.3 Å². The number of anilines is 1. The van der Waals surface area contributed by atoms with Crippen molar-refractivity contribution in [2.75, 3.05) is 25.5 Å². The molecule has 2 N–H and O–H groups in total. The summed E-state index contributed by atoms with van der Waals surface area (Å²) in [6.45, 7) is -0.164. The van der Waals surface area contributed by atoms with Gasteiger partial charge >= 0.3 is 0 Å². The molecule has 8 nitrogen and oxygen atoms in total. The molecule has 0 spiro atoms. The second-order valence-electron chi connectivity index (χ2n) is 8.21. The molecule has 1 aliphatic rings. The van der Waals surface area contributed by atoms with Gasteiger partial charge in [-0.15, -0.1) is 0 Å². The van der Waals surface area contributed by atoms with Crippen LogP contribution in [0, 0.1) is 0 Å². The lowest BCUT2D eigenvalue weighted by atomic mass is 10.1. The minimum atomic E-state index is -2.83. The van der Waals surface area contributed by atoms with Crippen LogP contribution < -0.4 is 15.4 Å². The molecule has 6 rings (SSSR count). The van der Waals surface area contributed by atoms with Crippen molar-refractivity contribution in [2.24, 2.45) is 0 Å². The minimum Gasteiger partial charge on any atom is -0.496 e. The number of hydrogen-bond acceptors (Lipinski definition) is 6. The Hall–Kier alpha value is -4.05. The number of aromatic nitrogens is 5. The summed E-state index contributed by atoms with van der Waals surface area (Å²) < 4.78 is 37.5. The third-order valence-electron chi connectivity index (χ3n) is 6.10. The summed E-state index contributed by atoms with van der Waals surface area (Å²) in [5, 5.41) is 10.0. The average Bonchev–Trinajstić information content (AvgIpc) is 3.55. The van der Waals surface area contributed by atoms with E-state index < -0.39 is 12.0 Å². The predicted molar refractivity (Wildman–Crippen MR) is 124 cm³/mol. The van der Waals surface area contributed by atoms with E-state index in [0.29, 0.717) is 22.9 Å². The van der Waals surface area contributed by atoms with Gasteiger partial charge in [-0.2, -0.15) is 5.10 Å². The fraction of sp³-hybridized carbons (Fsp3) is 0.208. The first-order chi connectivity index (χ1) is 16.5. The Kier molecular flexibility index (Phi) is 4.70. The van der Waals surface area contributed by atoms with Gasteiger partial charge in [0.2, 0.25) is 0 Å². The Morgan fingerprint density at radius 2 is 2.06 bits per heavy atom. The Morgan fingerprint density at radius 3 is 2.88 bits per heavy atom. The molecule has 0 bridgehead atoms. The van der Waals surface area contributed by atoms with Crippen LogP contribution in [0.4, 0.5) is 14.6 Å². The minimum absolute atomic E-state index is 0.178. The van der Waals surface area contributed by atoms with Crippen molar-refractivity contribution in [1.29, 1.82) is 0 Å². The first-order valence-electron chi connectivity index (χ1n) is 10.8. The molecule has 1 fully saturated rings. The van der Waals surface area contributed by atoms with Gasteiger partial charge in [0.25, 0.3) is 5.92 Å². The van der Waals surface area contributed by atoms with Crippen LogP contribution in [0.5, 0.6) is 5.75 Å². The summed E-state index contributed by atoms with van der Waals surface area (Å²) in [4.78, 5) is 9.11. The summed E-state index contributed by atoms with van der Waals surface area (Å²) in [5.74, 6) is -1.78. The highest BCUT2D eigenvalue weighted by molar-refractivity contribution is 5.84. The maximum absolute atomic E-state index is 14.1. The predicted octanol–water partition coefficient (Wildman–Crippen LogP) is 3.74. The highest BCUT2D eigenvalue weighted by atomic mass is 19.3. The quantitative estimate of drug-likeness (QED) is 0.415. The lowest BCUT2D eigenvalue weighted by Crippen LogP contribution is -2.38. The topological polar surface area (TPSA) is 80.8 Å². The standard InChI is InChI=1S/C24H21F2N7O/c1-34-20-9-23-28-11-19(17-5-4-7-22(30-17)31-21-12-27-14-24(21,25)26)32(23)13-16(20)15-10-29-33-8-3-2-6-18(15)33/h2-11,13,21,27H,12,14H2,1H3,(H,30,31). The number of fused-ring (bicyclic) bond motifs is 2. The van der Waals surface area contributed by atoms with Crippen LogP contribution in [-0.4, -0.2) is 56.1 Å². The second kappa shape index (κ2) is 7.77. The molecule has 1 saturated heterocycles. The zero-order chi connectivity index (χ0) is 23.3. The maximum atomic E-state index is 14.1. The van der Waals surface area contributed by atoms with Gasteiger partial charge in [-0.3, -0.25) is 4.40 Å². The van der Waals surface area contributed by atoms with Crippen LogP contribution in [-0.2, 0) is 0 Å². The Balaban J connectivity index is 1.44. The second-order valence-corrected chi connectivity index (χ2v) is 8.21. The number of nitrogens with zero attached hydrogens (tertiary/aromatic N) is 5. The largest absolute Gasteiger partial charge is 0.496 e. The molecule has 34 heavy (non-hydrogen) atoms. The number of nitrogens with one attached hydrogen (secondary N) is 2. The van der Waals surface area contributed by atoms with Gasteiger partial charge in [-0.05, 0) is 24.3 Å². The molecule has 0 saturated carbocycles. The van der Waals surface area contributed by atoms with Gasteiger partial charge in [-0.25, -0.2) is 23.3 Å². The zero-order valence-corrected chi connectivity index (χ0v) is 18.2. The summed E-state index contributed by atoms with van der Waals surface area (Å²) in [6, 6.07) is 12.0. The summed E-state index contributed by atoms with van der Waals surface area (Å²) in [5.41, 5.74) is 4.73. The Bertz CT molecular complexity index is 1510. The monoisotopic (exact) mass is 461 g/mol. The van der Waals surface area contributed by atoms with Gasteiger partial charge in [0.1, 0.15) is 23.3 Å². The van der Waals surface area contributed by atoms with E-state index in [0.717, 1.165) is 22.3 Å². The number of pyridine rings is 3. The van der Waals surface area contributed by atoms with E-state index in [-0.39, 0.29) is 13.1 Å². The van der Waals surface area contributed by atoms with E-state index in [9.17, 15) is 8.78 Å². The third kappa shape index (κ3) is 3.34. The average molecular weight is 461 g/mol. The van der Waals surface area contributed by atoms with E-state index in [1.54, 1.807) is 36.2 Å². The smallest absolute Gasteiger partial charge is 0.281 e. The van der Waals surface area contributed by atoms with Crippen molar-refractivity contribution in [2.45, 2.75) is 12.0 Å². The molecule has 6 heterocycles. The molecule has 10 heteroatoms. The number of rotatable bonds is 5. The highest BCUT2D eigenvalue weighted by Gasteiger charge is 2.44. The van der Waals surface area contributed by atoms with Gasteiger partial charge in [0, 0.05) is 36.1 Å². The van der Waals surface area contributed by atoms with Crippen LogP contribution in [0.3, 0.4) is 0 Å². The molecule has 1 aliphatic heterocycles. The van der Waals surface area contributed by atoms with E-state index in [1.165, 1.54) is 0 Å². The number of methoxy groups -OCH3 is 1. The van der Waals surface area contributed by atoms with Gasteiger partial charge in [-0.1, -0.05) is 12.1 Å². The molecule has 0 aliphatic carbocycles. The Labute approximate surface area is 193 Å². The number of alkyl halides is 2. The van der Waals surface area contributed by atoms with E-state index in [2.05, 4.69) is 25.7 Å². The number of ether oxygens (including phenoxy) is 1. The van der Waals surface area contributed by atoms with Crippen LogP contribution in [0.2, 0.25) is 0 Å². The van der Waals surface area contributed by atoms with Crippen molar-refractivity contribution in [1.82, 2.24) is 29.3 Å². The molecule has 0 aromatic carbocycles. The molecule has 0 amide bonds. The fourth-order valence-corrected chi connectivity index (χ4v) is 4.36. The summed E-state index contributed by atoms with van der Waals surface area (Å²) in [7, 11) is 1.62. The molecule has 1 unspecified atom stereocenters. The van der Waals surface area contributed by atoms with Crippen LogP contribution in [0.15, 0.2) is 67.3 Å². The Morgan fingerprint density at radius 1 is 1.15 bits per heavy atom. The maximum Gasteiger partial charge on any atom is 0.281 e. The van der Waals surface area contributed by atoms with E-state index in [1.807, 2.05) is 47.1 Å². The first kappa shape index (κ1) is 20.5. The first-order valence-corrected chi connectivity index (χ1v) is 10.8.